The average molecular weight is 364 g/mol. The highest BCUT2D eigenvalue weighted by Crippen LogP contribution is 2.19. The molecule has 0 aliphatic carbocycles. The van der Waals surface area contributed by atoms with Crippen molar-refractivity contribution in [1.82, 2.24) is 5.32 Å². The number of carbonyl (C=O) groups excluding carboxylic acids is 2. The van der Waals surface area contributed by atoms with Crippen molar-refractivity contribution in [2.45, 2.75) is 13.8 Å². The van der Waals surface area contributed by atoms with E-state index in [1.165, 1.54) is 0 Å². The number of esters is 1. The monoisotopic (exact) mass is 364 g/mol. The maximum Gasteiger partial charge on any atom is 0.344 e. The SMILES string of the molecule is CCOC(=O)COc1ccccc1C=CC(C)=[S-]1=CC(=O)NC1=S. The zero-order valence-corrected chi connectivity index (χ0v) is 15.0. The number of amides is 1. The van der Waals surface area contributed by atoms with E-state index < -0.39 is 16.0 Å². The maximum absolute atomic E-state index is 11.4. The van der Waals surface area contributed by atoms with Crippen molar-refractivity contribution in [1.29, 1.82) is 0 Å². The molecule has 0 bridgehead atoms. The Morgan fingerprint density at radius 3 is 2.79 bits per heavy atom. The predicted octanol–water partition coefficient (Wildman–Crippen LogP) is 1.67. The van der Waals surface area contributed by atoms with Gasteiger partial charge in [0.15, 0.2) is 6.61 Å². The van der Waals surface area contributed by atoms with Gasteiger partial charge in [-0.25, -0.2) is 4.79 Å². The first-order valence-corrected chi connectivity index (χ1v) is 9.03. The molecule has 1 aliphatic rings. The molecule has 0 spiro atoms. The summed E-state index contributed by atoms with van der Waals surface area (Å²) in [6.45, 7) is 3.86. The summed E-state index contributed by atoms with van der Waals surface area (Å²) in [5, 5.41) is 4.21. The second-order valence-corrected chi connectivity index (χ2v) is 7.44. The molecule has 1 aromatic rings. The van der Waals surface area contributed by atoms with Crippen LogP contribution in [0, 0.1) is 0 Å². The molecule has 2 rings (SSSR count). The van der Waals surface area contributed by atoms with Crippen molar-refractivity contribution in [3.05, 3.63) is 35.9 Å². The first kappa shape index (κ1) is 18.2. The lowest BCUT2D eigenvalue weighted by molar-refractivity contribution is -0.145. The summed E-state index contributed by atoms with van der Waals surface area (Å²) < 4.78 is 10.9. The lowest BCUT2D eigenvalue weighted by atomic mass is 10.2. The Kier molecular flexibility index (Phi) is 6.57. The van der Waals surface area contributed by atoms with E-state index in [0.29, 0.717) is 16.7 Å². The van der Waals surface area contributed by atoms with Gasteiger partial charge in [-0.3, -0.25) is 4.79 Å². The summed E-state index contributed by atoms with van der Waals surface area (Å²) in [6, 6.07) is 7.38. The molecule has 5 nitrogen and oxygen atoms in total. The van der Waals surface area contributed by atoms with Gasteiger partial charge in [-0.15, -0.1) is 5.37 Å². The highest BCUT2D eigenvalue weighted by Gasteiger charge is 2.05. The third kappa shape index (κ3) is 4.94. The van der Waals surface area contributed by atoms with E-state index in [0.717, 1.165) is 10.4 Å². The normalized spacial score (nSPS) is 17.4. The van der Waals surface area contributed by atoms with Gasteiger partial charge >= 0.3 is 5.97 Å². The van der Waals surface area contributed by atoms with Gasteiger partial charge < -0.3 is 24.9 Å². The molecule has 128 valence electrons. The van der Waals surface area contributed by atoms with E-state index >= 15 is 0 Å². The first-order valence-electron chi connectivity index (χ1n) is 7.33. The fourth-order valence-electron chi connectivity index (χ4n) is 1.95. The summed E-state index contributed by atoms with van der Waals surface area (Å²) in [4.78, 5) is 23.7. The number of nitrogens with one attached hydrogen (secondary N) is 1. The van der Waals surface area contributed by atoms with Crippen LogP contribution in [-0.2, 0) is 24.4 Å². The van der Waals surface area contributed by atoms with E-state index in [-0.39, 0.29) is 12.5 Å². The Morgan fingerprint density at radius 1 is 1.38 bits per heavy atom. The molecule has 0 radical (unpaired) electrons. The third-order valence-electron chi connectivity index (χ3n) is 3.06. The molecule has 0 saturated heterocycles. The molecular formula is C17H18NO4S2-. The van der Waals surface area contributed by atoms with E-state index in [4.69, 9.17) is 21.7 Å². The maximum atomic E-state index is 11.4. The number of hydrogen-bond acceptors (Lipinski definition) is 6. The summed E-state index contributed by atoms with van der Waals surface area (Å²) in [5.74, 6) is 0.0235. The van der Waals surface area contributed by atoms with Gasteiger partial charge in [0.1, 0.15) is 5.75 Å². The minimum atomic E-state index is -0.480. The van der Waals surface area contributed by atoms with Crippen LogP contribution in [0.3, 0.4) is 0 Å². The molecule has 0 unspecified atom stereocenters. The molecule has 0 fully saturated rings. The zero-order valence-electron chi connectivity index (χ0n) is 13.4. The highest BCUT2D eigenvalue weighted by atomic mass is 32.2. The van der Waals surface area contributed by atoms with Gasteiger partial charge in [-0.2, -0.15) is 4.86 Å². The molecule has 7 heteroatoms. The van der Waals surface area contributed by atoms with Crippen LogP contribution in [0.25, 0.3) is 6.08 Å². The van der Waals surface area contributed by atoms with Gasteiger partial charge in [-0.1, -0.05) is 49.5 Å². The van der Waals surface area contributed by atoms with E-state index in [2.05, 4.69) is 5.32 Å². The smallest absolute Gasteiger partial charge is 0.344 e. The van der Waals surface area contributed by atoms with E-state index in [1.807, 2.05) is 37.3 Å². The molecule has 1 aromatic carbocycles. The van der Waals surface area contributed by atoms with Gasteiger partial charge in [-0.05, 0) is 17.3 Å². The number of ether oxygens (including phenoxy) is 2. The number of para-hydroxylation sites is 1. The van der Waals surface area contributed by atoms with Crippen molar-refractivity contribution < 1.29 is 19.1 Å². The zero-order chi connectivity index (χ0) is 17.5. The summed E-state index contributed by atoms with van der Waals surface area (Å²) in [6.07, 6.45) is 3.78. The molecule has 24 heavy (non-hydrogen) atoms. The largest absolute Gasteiger partial charge is 0.481 e. The lowest BCUT2D eigenvalue weighted by Crippen LogP contribution is -2.21. The number of rotatable bonds is 6. The topological polar surface area (TPSA) is 64.6 Å². The number of carbonyl (C=O) groups is 2. The lowest BCUT2D eigenvalue weighted by Gasteiger charge is -2.11. The van der Waals surface area contributed by atoms with E-state index in [9.17, 15) is 9.59 Å². The summed E-state index contributed by atoms with van der Waals surface area (Å²) in [5.41, 5.74) is 0.828. The van der Waals surface area contributed by atoms with Crippen molar-refractivity contribution in [3.8, 4) is 5.75 Å². The highest BCUT2D eigenvalue weighted by molar-refractivity contribution is 8.19. The number of hydrogen-bond donors (Lipinski definition) is 1. The van der Waals surface area contributed by atoms with Gasteiger partial charge in [0, 0.05) is 5.56 Å². The van der Waals surface area contributed by atoms with E-state index in [1.54, 1.807) is 18.4 Å². The molecular weight excluding hydrogens is 346 g/mol. The Morgan fingerprint density at radius 2 is 2.12 bits per heavy atom. The molecule has 0 atom stereocenters. The standard InChI is InChI=1S/C17H18NO4S2/c1-3-21-16(20)10-22-14-7-5-4-6-13(14)9-8-12(2)24-11-15(19)18-17(24)23/h4-9,11H,3,10H2,1-2H3,(H,18,19,23)/q-1. The van der Waals surface area contributed by atoms with Crippen LogP contribution in [0.2, 0.25) is 0 Å². The van der Waals surface area contributed by atoms with Crippen molar-refractivity contribution in [2.75, 3.05) is 13.2 Å². The molecule has 1 amide bonds. The van der Waals surface area contributed by atoms with Gasteiger partial charge in [0.25, 0.3) is 0 Å². The Labute approximate surface area is 148 Å². The fraction of sp³-hybridized carbons (Fsp3) is 0.235. The minimum Gasteiger partial charge on any atom is -0.481 e. The van der Waals surface area contributed by atoms with Crippen molar-refractivity contribution in [2.24, 2.45) is 0 Å². The Bertz CT molecular complexity index is 790. The first-order chi connectivity index (χ1) is 11.5. The van der Waals surface area contributed by atoms with Crippen LogP contribution in [0.5, 0.6) is 5.75 Å². The van der Waals surface area contributed by atoms with Crippen LogP contribution in [-0.4, -0.2) is 39.6 Å². The van der Waals surface area contributed by atoms with Crippen LogP contribution >= 0.6 is 12.2 Å². The molecule has 0 saturated carbocycles. The van der Waals surface area contributed by atoms with Crippen LogP contribution in [0.15, 0.2) is 30.3 Å². The Hall–Kier alpha value is -2.12. The third-order valence-corrected chi connectivity index (χ3v) is 5.49. The van der Waals surface area contributed by atoms with Crippen LogP contribution in [0.1, 0.15) is 19.4 Å². The predicted molar refractivity (Wildman–Crippen MR) is 102 cm³/mol. The van der Waals surface area contributed by atoms with Gasteiger partial charge in [0.2, 0.25) is 5.91 Å². The fourth-order valence-corrected chi connectivity index (χ4v) is 3.88. The summed E-state index contributed by atoms with van der Waals surface area (Å²) >= 11 is 5.16. The number of thiocarbonyl (C=S) groups is 1. The van der Waals surface area contributed by atoms with Crippen molar-refractivity contribution in [3.63, 3.8) is 0 Å². The second kappa shape index (κ2) is 8.65. The minimum absolute atomic E-state index is 0.137. The van der Waals surface area contributed by atoms with Gasteiger partial charge in [0.05, 0.1) is 6.61 Å². The average Bonchev–Trinajstić information content (AvgIpc) is 2.90. The summed E-state index contributed by atoms with van der Waals surface area (Å²) in [7, 11) is -0.480. The quantitative estimate of drug-likeness (QED) is 0.360. The number of benzene rings is 1. The number of allylic oxidation sites excluding steroid dienone is 1. The Balaban J connectivity index is 2.17. The second-order valence-electron chi connectivity index (χ2n) is 4.81. The molecule has 0 aromatic heterocycles. The van der Waals surface area contributed by atoms with Crippen molar-refractivity contribution >= 4 is 54.8 Å². The molecule has 1 aliphatic heterocycles. The van der Waals surface area contributed by atoms with Crippen LogP contribution in [0.4, 0.5) is 0 Å². The molecule has 1 N–H and O–H groups in total. The molecule has 1 heterocycles. The van der Waals surface area contributed by atoms with Crippen LogP contribution < -0.4 is 10.1 Å².